The second-order valence-electron chi connectivity index (χ2n) is 7.93. The molecule has 7 heteroatoms. The fourth-order valence-electron chi connectivity index (χ4n) is 4.29. The van der Waals surface area contributed by atoms with Crippen LogP contribution in [0.1, 0.15) is 48.7 Å². The molecule has 1 saturated heterocycles. The van der Waals surface area contributed by atoms with Crippen molar-refractivity contribution in [2.75, 3.05) is 20.8 Å². The third-order valence-electron chi connectivity index (χ3n) is 5.89. The average molecular weight is 411 g/mol. The molecule has 0 bridgehead atoms. The second kappa shape index (κ2) is 8.92. The molecule has 2 aromatic heterocycles. The number of hydrogen-bond donors (Lipinski definition) is 0. The summed E-state index contributed by atoms with van der Waals surface area (Å²) >= 11 is 0. The number of benzene rings is 1. The maximum atomic E-state index is 5.75. The summed E-state index contributed by atoms with van der Waals surface area (Å²) in [5.41, 5.74) is 4.28. The molecule has 30 heavy (non-hydrogen) atoms. The van der Waals surface area contributed by atoms with Crippen molar-refractivity contribution >= 4 is 0 Å². The predicted octanol–water partition coefficient (Wildman–Crippen LogP) is 4.52. The van der Waals surface area contributed by atoms with Crippen molar-refractivity contribution in [1.29, 1.82) is 0 Å². The van der Waals surface area contributed by atoms with Crippen molar-refractivity contribution in [2.24, 2.45) is 7.05 Å². The first-order valence-electron chi connectivity index (χ1n) is 10.5. The number of aryl methyl sites for hydroxylation is 2. The van der Waals surface area contributed by atoms with Crippen LogP contribution in [-0.2, 0) is 13.6 Å². The summed E-state index contributed by atoms with van der Waals surface area (Å²) in [7, 11) is 5.25. The Hall–Kier alpha value is -2.80. The summed E-state index contributed by atoms with van der Waals surface area (Å²) in [5.74, 6) is 2.12. The third kappa shape index (κ3) is 4.21. The SMILES string of the molecule is COc1ccc(-c2cc([C@@H]3CCCCCN3Cc3cn(C)nc3C)no2)cc1OC. The van der Waals surface area contributed by atoms with Gasteiger partial charge < -0.3 is 14.0 Å². The molecule has 1 fully saturated rings. The van der Waals surface area contributed by atoms with Crippen LogP contribution >= 0.6 is 0 Å². The highest BCUT2D eigenvalue weighted by Gasteiger charge is 2.27. The topological polar surface area (TPSA) is 65.5 Å². The van der Waals surface area contributed by atoms with Gasteiger partial charge in [-0.05, 0) is 44.5 Å². The number of hydrogen-bond acceptors (Lipinski definition) is 6. The van der Waals surface area contributed by atoms with Crippen LogP contribution in [0.25, 0.3) is 11.3 Å². The van der Waals surface area contributed by atoms with E-state index in [1.807, 2.05) is 29.9 Å². The Morgan fingerprint density at radius 3 is 2.67 bits per heavy atom. The zero-order valence-electron chi connectivity index (χ0n) is 18.2. The van der Waals surface area contributed by atoms with E-state index in [1.165, 1.54) is 24.8 Å². The Labute approximate surface area is 177 Å². The summed E-state index contributed by atoms with van der Waals surface area (Å²) in [6.45, 7) is 4.01. The van der Waals surface area contributed by atoms with Crippen LogP contribution in [0.15, 0.2) is 35.0 Å². The van der Waals surface area contributed by atoms with Gasteiger partial charge in [-0.25, -0.2) is 0 Å². The van der Waals surface area contributed by atoms with Gasteiger partial charge in [-0.3, -0.25) is 9.58 Å². The first kappa shape index (κ1) is 20.5. The summed E-state index contributed by atoms with van der Waals surface area (Å²) < 4.78 is 18.4. The van der Waals surface area contributed by atoms with Gasteiger partial charge in [-0.1, -0.05) is 18.0 Å². The summed E-state index contributed by atoms with van der Waals surface area (Å²) in [6, 6.07) is 8.09. The minimum absolute atomic E-state index is 0.241. The fraction of sp³-hybridized carbons (Fsp3) is 0.478. The lowest BCUT2D eigenvalue weighted by Crippen LogP contribution is -2.28. The Morgan fingerprint density at radius 2 is 1.93 bits per heavy atom. The van der Waals surface area contributed by atoms with E-state index in [2.05, 4.69) is 34.3 Å². The number of methoxy groups -OCH3 is 2. The first-order chi connectivity index (χ1) is 14.6. The van der Waals surface area contributed by atoms with Crippen molar-refractivity contribution in [3.05, 3.63) is 47.4 Å². The molecule has 0 aliphatic carbocycles. The molecule has 3 aromatic rings. The zero-order valence-corrected chi connectivity index (χ0v) is 18.2. The van der Waals surface area contributed by atoms with E-state index < -0.39 is 0 Å². The molecule has 1 aliphatic rings. The Morgan fingerprint density at radius 1 is 1.10 bits per heavy atom. The van der Waals surface area contributed by atoms with Crippen LogP contribution in [0.5, 0.6) is 11.5 Å². The van der Waals surface area contributed by atoms with E-state index in [9.17, 15) is 0 Å². The van der Waals surface area contributed by atoms with Gasteiger partial charge in [-0.2, -0.15) is 5.10 Å². The van der Waals surface area contributed by atoms with Gasteiger partial charge in [-0.15, -0.1) is 0 Å². The fourth-order valence-corrected chi connectivity index (χ4v) is 4.29. The van der Waals surface area contributed by atoms with Crippen molar-refractivity contribution in [3.63, 3.8) is 0 Å². The molecular formula is C23H30N4O3. The maximum Gasteiger partial charge on any atom is 0.167 e. The highest BCUT2D eigenvalue weighted by molar-refractivity contribution is 5.62. The summed E-state index contributed by atoms with van der Waals surface area (Å²) in [4.78, 5) is 2.52. The standard InChI is InChI=1S/C23H30N4O3/c1-16-18(14-26(2)24-16)15-27-11-7-5-6-8-20(27)19-13-22(30-25-19)17-9-10-21(28-3)23(12-17)29-4/h9-10,12-14,20H,5-8,11,15H2,1-4H3/t20-/m0/s1. The number of nitrogens with zero attached hydrogens (tertiary/aromatic N) is 4. The lowest BCUT2D eigenvalue weighted by Gasteiger charge is -2.28. The number of likely N-dealkylation sites (tertiary alicyclic amines) is 1. The van der Waals surface area contributed by atoms with Gasteiger partial charge in [0.25, 0.3) is 0 Å². The Kier molecular flexibility index (Phi) is 6.08. The van der Waals surface area contributed by atoms with E-state index >= 15 is 0 Å². The van der Waals surface area contributed by atoms with Crippen LogP contribution in [0.4, 0.5) is 0 Å². The largest absolute Gasteiger partial charge is 0.493 e. The van der Waals surface area contributed by atoms with Gasteiger partial charge in [0.15, 0.2) is 17.3 Å². The smallest absolute Gasteiger partial charge is 0.167 e. The molecule has 0 amide bonds. The van der Waals surface area contributed by atoms with Gasteiger partial charge in [0.1, 0.15) is 5.69 Å². The molecule has 0 radical (unpaired) electrons. The quantitative estimate of drug-likeness (QED) is 0.595. The molecule has 0 unspecified atom stereocenters. The minimum atomic E-state index is 0.241. The maximum absolute atomic E-state index is 5.75. The Balaban J connectivity index is 1.60. The van der Waals surface area contributed by atoms with Crippen LogP contribution in [0.3, 0.4) is 0 Å². The molecule has 4 rings (SSSR count). The predicted molar refractivity (Wildman–Crippen MR) is 115 cm³/mol. The van der Waals surface area contributed by atoms with Gasteiger partial charge in [0.2, 0.25) is 0 Å². The van der Waals surface area contributed by atoms with Crippen LogP contribution in [-0.4, -0.2) is 40.6 Å². The normalized spacial score (nSPS) is 17.7. The number of rotatable bonds is 6. The summed E-state index contributed by atoms with van der Waals surface area (Å²) in [6.07, 6.45) is 6.85. The molecule has 0 N–H and O–H groups in total. The first-order valence-corrected chi connectivity index (χ1v) is 10.5. The van der Waals surface area contributed by atoms with E-state index in [4.69, 9.17) is 14.0 Å². The lowest BCUT2D eigenvalue weighted by atomic mass is 10.0. The Bertz CT molecular complexity index is 994. The van der Waals surface area contributed by atoms with Crippen molar-refractivity contribution < 1.29 is 14.0 Å². The van der Waals surface area contributed by atoms with Crippen LogP contribution < -0.4 is 9.47 Å². The molecule has 3 heterocycles. The molecule has 0 saturated carbocycles. The molecule has 1 atom stereocenters. The van der Waals surface area contributed by atoms with E-state index in [0.717, 1.165) is 42.2 Å². The molecular weight excluding hydrogens is 380 g/mol. The summed E-state index contributed by atoms with van der Waals surface area (Å²) in [5, 5.41) is 8.97. The van der Waals surface area contributed by atoms with Crippen molar-refractivity contribution in [2.45, 2.75) is 45.2 Å². The lowest BCUT2D eigenvalue weighted by molar-refractivity contribution is 0.183. The van der Waals surface area contributed by atoms with Crippen molar-refractivity contribution in [3.8, 4) is 22.8 Å². The molecule has 7 nitrogen and oxygen atoms in total. The van der Waals surface area contributed by atoms with Crippen LogP contribution in [0, 0.1) is 6.92 Å². The molecule has 0 spiro atoms. The van der Waals surface area contributed by atoms with E-state index in [-0.39, 0.29) is 6.04 Å². The van der Waals surface area contributed by atoms with E-state index in [0.29, 0.717) is 11.5 Å². The monoisotopic (exact) mass is 410 g/mol. The van der Waals surface area contributed by atoms with Gasteiger partial charge in [0.05, 0.1) is 26.0 Å². The number of ether oxygens (including phenoxy) is 2. The zero-order chi connectivity index (χ0) is 21.1. The number of aromatic nitrogens is 3. The third-order valence-corrected chi connectivity index (χ3v) is 5.89. The highest BCUT2D eigenvalue weighted by Crippen LogP contribution is 2.36. The minimum Gasteiger partial charge on any atom is -0.493 e. The average Bonchev–Trinajstić information content (AvgIpc) is 3.28. The van der Waals surface area contributed by atoms with Crippen molar-refractivity contribution in [1.82, 2.24) is 19.8 Å². The van der Waals surface area contributed by atoms with Gasteiger partial charge >= 0.3 is 0 Å². The van der Waals surface area contributed by atoms with Gasteiger partial charge in [0, 0.05) is 37.0 Å². The van der Waals surface area contributed by atoms with E-state index in [1.54, 1.807) is 14.2 Å². The molecule has 1 aliphatic heterocycles. The van der Waals surface area contributed by atoms with Crippen LogP contribution in [0.2, 0.25) is 0 Å². The second-order valence-corrected chi connectivity index (χ2v) is 7.93. The highest BCUT2D eigenvalue weighted by atomic mass is 16.5. The molecule has 160 valence electrons. The molecule has 1 aromatic carbocycles.